The topological polar surface area (TPSA) is 99.3 Å². The number of carboxylic acid groups (broad SMARTS) is 1. The molecule has 3 rings (SSSR count). The van der Waals surface area contributed by atoms with Gasteiger partial charge in [-0.2, -0.15) is 0 Å². The van der Waals surface area contributed by atoms with Gasteiger partial charge in [0, 0.05) is 23.5 Å². The molecule has 108 valence electrons. The van der Waals surface area contributed by atoms with E-state index < -0.39 is 17.3 Å². The summed E-state index contributed by atoms with van der Waals surface area (Å²) >= 11 is 0. The summed E-state index contributed by atoms with van der Waals surface area (Å²) in [6.45, 7) is 0.0794. The number of nitrogens with one attached hydrogen (secondary N) is 2. The number of pyridine rings is 1. The number of aliphatic carboxylic acids is 1. The Kier molecular flexibility index (Phi) is 3.01. The van der Waals surface area contributed by atoms with Crippen LogP contribution in [-0.2, 0) is 4.79 Å². The molecule has 1 amide bonds. The Morgan fingerprint density at radius 3 is 2.67 bits per heavy atom. The van der Waals surface area contributed by atoms with Crippen molar-refractivity contribution in [3.05, 3.63) is 46.2 Å². The second-order valence-electron chi connectivity index (χ2n) is 5.36. The molecular weight excluding hydrogens is 272 g/mol. The lowest BCUT2D eigenvalue weighted by molar-refractivity contribution is -0.143. The number of carbonyl (C=O) groups is 2. The molecule has 1 fully saturated rings. The highest BCUT2D eigenvalue weighted by atomic mass is 16.4. The second-order valence-corrected chi connectivity index (χ2v) is 5.36. The van der Waals surface area contributed by atoms with E-state index in [1.165, 1.54) is 6.07 Å². The van der Waals surface area contributed by atoms with E-state index in [0.29, 0.717) is 23.7 Å². The first-order chi connectivity index (χ1) is 10.0. The average molecular weight is 286 g/mol. The van der Waals surface area contributed by atoms with Gasteiger partial charge in [-0.3, -0.25) is 14.4 Å². The first-order valence-electron chi connectivity index (χ1n) is 6.65. The van der Waals surface area contributed by atoms with Gasteiger partial charge in [-0.05, 0) is 25.0 Å². The van der Waals surface area contributed by atoms with Crippen molar-refractivity contribution in [1.82, 2.24) is 10.3 Å². The van der Waals surface area contributed by atoms with Gasteiger partial charge in [0.1, 0.15) is 5.69 Å². The van der Waals surface area contributed by atoms with Crippen LogP contribution < -0.4 is 10.7 Å². The van der Waals surface area contributed by atoms with Crippen LogP contribution in [0.25, 0.3) is 10.9 Å². The molecule has 0 atom stereocenters. The Morgan fingerprint density at radius 2 is 2.00 bits per heavy atom. The molecule has 1 aromatic carbocycles. The molecule has 1 heterocycles. The number of fused-ring (bicyclic) bond motifs is 1. The summed E-state index contributed by atoms with van der Waals surface area (Å²) in [6, 6.07) is 8.15. The number of carboxylic acids is 1. The molecule has 0 spiro atoms. The third-order valence-electron chi connectivity index (χ3n) is 3.88. The van der Waals surface area contributed by atoms with Crippen LogP contribution in [0.1, 0.15) is 23.3 Å². The molecule has 0 saturated heterocycles. The van der Waals surface area contributed by atoms with Crippen molar-refractivity contribution in [3.8, 4) is 0 Å². The van der Waals surface area contributed by atoms with Gasteiger partial charge in [-0.25, -0.2) is 0 Å². The third-order valence-corrected chi connectivity index (χ3v) is 3.88. The minimum atomic E-state index is -0.894. The van der Waals surface area contributed by atoms with Gasteiger partial charge in [-0.1, -0.05) is 12.1 Å². The highest BCUT2D eigenvalue weighted by Gasteiger charge is 2.50. The fraction of sp³-hybridized carbons (Fsp3) is 0.267. The molecule has 1 aliphatic carbocycles. The molecule has 1 saturated carbocycles. The fourth-order valence-corrected chi connectivity index (χ4v) is 2.28. The lowest BCUT2D eigenvalue weighted by Crippen LogP contribution is -2.35. The second kappa shape index (κ2) is 4.73. The molecule has 1 aromatic heterocycles. The number of H-pyrrole nitrogens is 1. The zero-order valence-electron chi connectivity index (χ0n) is 11.2. The molecule has 21 heavy (non-hydrogen) atoms. The number of aromatic amines is 1. The van der Waals surface area contributed by atoms with E-state index in [2.05, 4.69) is 10.3 Å². The Hall–Kier alpha value is -2.63. The van der Waals surface area contributed by atoms with Gasteiger partial charge in [0.25, 0.3) is 5.91 Å². The number of amides is 1. The van der Waals surface area contributed by atoms with Gasteiger partial charge in [0.05, 0.1) is 5.41 Å². The van der Waals surface area contributed by atoms with Crippen molar-refractivity contribution in [1.29, 1.82) is 0 Å². The molecule has 0 radical (unpaired) electrons. The predicted octanol–water partition coefficient (Wildman–Crippen LogP) is 1.12. The lowest BCUT2D eigenvalue weighted by Gasteiger charge is -2.11. The van der Waals surface area contributed by atoms with Crippen molar-refractivity contribution in [2.75, 3.05) is 6.54 Å². The minimum absolute atomic E-state index is 0.0794. The molecule has 1 aliphatic rings. The van der Waals surface area contributed by atoms with Crippen LogP contribution in [0.2, 0.25) is 0 Å². The summed E-state index contributed by atoms with van der Waals surface area (Å²) in [5.74, 6) is -1.36. The van der Waals surface area contributed by atoms with E-state index in [0.717, 1.165) is 0 Å². The van der Waals surface area contributed by atoms with Crippen LogP contribution in [0.15, 0.2) is 35.1 Å². The number of rotatable bonds is 4. The minimum Gasteiger partial charge on any atom is -0.481 e. The summed E-state index contributed by atoms with van der Waals surface area (Å²) in [5, 5.41) is 12.2. The van der Waals surface area contributed by atoms with Gasteiger partial charge in [-0.15, -0.1) is 0 Å². The van der Waals surface area contributed by atoms with Gasteiger partial charge in [0.2, 0.25) is 0 Å². The van der Waals surface area contributed by atoms with Gasteiger partial charge < -0.3 is 15.4 Å². The van der Waals surface area contributed by atoms with E-state index in [-0.39, 0.29) is 17.7 Å². The van der Waals surface area contributed by atoms with Crippen LogP contribution in [0.3, 0.4) is 0 Å². The summed E-state index contributed by atoms with van der Waals surface area (Å²) in [7, 11) is 0. The fourth-order valence-electron chi connectivity index (χ4n) is 2.28. The van der Waals surface area contributed by atoms with Crippen molar-refractivity contribution >= 4 is 22.8 Å². The van der Waals surface area contributed by atoms with Crippen LogP contribution in [0.4, 0.5) is 0 Å². The normalized spacial score (nSPS) is 15.6. The van der Waals surface area contributed by atoms with E-state index in [9.17, 15) is 14.4 Å². The average Bonchev–Trinajstić information content (AvgIpc) is 3.26. The van der Waals surface area contributed by atoms with Gasteiger partial charge in [0.15, 0.2) is 5.43 Å². The molecule has 0 unspecified atom stereocenters. The smallest absolute Gasteiger partial charge is 0.311 e. The zero-order chi connectivity index (χ0) is 15.0. The molecule has 3 N–H and O–H groups in total. The first-order valence-corrected chi connectivity index (χ1v) is 6.65. The van der Waals surface area contributed by atoms with Crippen LogP contribution >= 0.6 is 0 Å². The van der Waals surface area contributed by atoms with Crippen LogP contribution in [0, 0.1) is 5.41 Å². The monoisotopic (exact) mass is 286 g/mol. The maximum atomic E-state index is 12.1. The van der Waals surface area contributed by atoms with Crippen molar-refractivity contribution < 1.29 is 14.7 Å². The quantitative estimate of drug-likeness (QED) is 0.784. The van der Waals surface area contributed by atoms with Crippen molar-refractivity contribution in [3.63, 3.8) is 0 Å². The van der Waals surface area contributed by atoms with E-state index in [4.69, 9.17) is 5.11 Å². The molecule has 0 aliphatic heterocycles. The van der Waals surface area contributed by atoms with Crippen LogP contribution in [0.5, 0.6) is 0 Å². The van der Waals surface area contributed by atoms with Crippen LogP contribution in [-0.4, -0.2) is 28.5 Å². The van der Waals surface area contributed by atoms with E-state index in [1.54, 1.807) is 24.3 Å². The number of benzene rings is 1. The SMILES string of the molecule is O=C(NCC1(C(=O)O)CC1)c1cc(=O)c2ccccc2[nH]1. The Morgan fingerprint density at radius 1 is 1.29 bits per heavy atom. The Bertz CT molecular complexity index is 790. The first kappa shape index (κ1) is 13.4. The lowest BCUT2D eigenvalue weighted by atomic mass is 10.1. The number of carbonyl (C=O) groups excluding carboxylic acids is 1. The molecule has 6 nitrogen and oxygen atoms in total. The van der Waals surface area contributed by atoms with Gasteiger partial charge >= 0.3 is 5.97 Å². The molecule has 0 bridgehead atoms. The Labute approximate surface area is 119 Å². The summed E-state index contributed by atoms with van der Waals surface area (Å²) in [6.07, 6.45) is 1.13. The maximum Gasteiger partial charge on any atom is 0.311 e. The zero-order valence-corrected chi connectivity index (χ0v) is 11.2. The third kappa shape index (κ3) is 2.40. The number of para-hydroxylation sites is 1. The standard InChI is InChI=1S/C15H14N2O4/c18-12-7-11(17-10-4-2-1-3-9(10)12)13(19)16-8-15(5-6-15)14(20)21/h1-4,7H,5-6,8H2,(H,16,19)(H,17,18)(H,20,21). The number of aromatic nitrogens is 1. The predicted molar refractivity (Wildman–Crippen MR) is 76.2 cm³/mol. The van der Waals surface area contributed by atoms with Crippen molar-refractivity contribution in [2.45, 2.75) is 12.8 Å². The summed E-state index contributed by atoms with van der Waals surface area (Å²) in [4.78, 5) is 37.9. The molecule has 2 aromatic rings. The van der Waals surface area contributed by atoms with Crippen molar-refractivity contribution in [2.24, 2.45) is 5.41 Å². The Balaban J connectivity index is 1.82. The van der Waals surface area contributed by atoms with E-state index in [1.807, 2.05) is 0 Å². The maximum absolute atomic E-state index is 12.1. The summed E-state index contributed by atoms with van der Waals surface area (Å²) in [5.41, 5.74) is -0.351. The highest BCUT2D eigenvalue weighted by molar-refractivity contribution is 5.95. The number of hydrogen-bond acceptors (Lipinski definition) is 3. The number of hydrogen-bond donors (Lipinski definition) is 3. The molecule has 6 heteroatoms. The summed E-state index contributed by atoms with van der Waals surface area (Å²) < 4.78 is 0. The largest absolute Gasteiger partial charge is 0.481 e. The molecular formula is C15H14N2O4. The highest BCUT2D eigenvalue weighted by Crippen LogP contribution is 2.45. The van der Waals surface area contributed by atoms with E-state index >= 15 is 0 Å².